The molecule has 18 heavy (non-hydrogen) atoms. The number of rotatable bonds is 4. The van der Waals surface area contributed by atoms with Crippen LogP contribution in [0.2, 0.25) is 0 Å². The summed E-state index contributed by atoms with van der Waals surface area (Å²) in [6.45, 7) is 3.83. The van der Waals surface area contributed by atoms with Crippen LogP contribution in [-0.2, 0) is 4.79 Å². The molecule has 0 radical (unpaired) electrons. The summed E-state index contributed by atoms with van der Waals surface area (Å²) in [5.41, 5.74) is 1.74. The van der Waals surface area contributed by atoms with Crippen LogP contribution >= 0.6 is 0 Å². The van der Waals surface area contributed by atoms with Gasteiger partial charge in [0.05, 0.1) is 6.42 Å². The number of aliphatic carboxylic acids is 1. The molecule has 1 N–H and O–H groups in total. The predicted octanol–water partition coefficient (Wildman–Crippen LogP) is 2.21. The standard InChI is InChI=1S/C13H17NO4/c1-9-5-4-6-10(2)12(9)18-13(17)14(3)8-7-11(15)16/h4-6H,7-8H2,1-3H3,(H,15,16). The van der Waals surface area contributed by atoms with Crippen molar-refractivity contribution in [2.75, 3.05) is 13.6 Å². The van der Waals surface area contributed by atoms with Crippen LogP contribution in [0.1, 0.15) is 17.5 Å². The van der Waals surface area contributed by atoms with Gasteiger partial charge in [-0.15, -0.1) is 0 Å². The van der Waals surface area contributed by atoms with Crippen LogP contribution in [0.25, 0.3) is 0 Å². The van der Waals surface area contributed by atoms with Crippen molar-refractivity contribution in [3.8, 4) is 5.75 Å². The quantitative estimate of drug-likeness (QED) is 0.890. The molecule has 1 rings (SSSR count). The molecule has 0 aliphatic carbocycles. The number of carboxylic acid groups (broad SMARTS) is 1. The van der Waals surface area contributed by atoms with Crippen molar-refractivity contribution in [2.45, 2.75) is 20.3 Å². The minimum absolute atomic E-state index is 0.0989. The molecule has 0 heterocycles. The van der Waals surface area contributed by atoms with Crippen molar-refractivity contribution in [1.29, 1.82) is 0 Å². The molecule has 0 aliphatic heterocycles. The lowest BCUT2D eigenvalue weighted by atomic mass is 10.1. The predicted molar refractivity (Wildman–Crippen MR) is 66.8 cm³/mol. The van der Waals surface area contributed by atoms with Gasteiger partial charge >= 0.3 is 12.1 Å². The van der Waals surface area contributed by atoms with E-state index in [1.54, 1.807) is 0 Å². The molecule has 1 aromatic carbocycles. The van der Waals surface area contributed by atoms with E-state index in [2.05, 4.69) is 0 Å². The number of hydrogen-bond acceptors (Lipinski definition) is 3. The van der Waals surface area contributed by atoms with E-state index < -0.39 is 12.1 Å². The summed E-state index contributed by atoms with van der Waals surface area (Å²) in [4.78, 5) is 23.4. The molecule has 0 saturated carbocycles. The number of aryl methyl sites for hydroxylation is 2. The maximum Gasteiger partial charge on any atom is 0.414 e. The summed E-state index contributed by atoms with van der Waals surface area (Å²) in [5.74, 6) is -0.411. The molecule has 98 valence electrons. The Balaban J connectivity index is 2.67. The lowest BCUT2D eigenvalue weighted by molar-refractivity contribution is -0.137. The number of para-hydroxylation sites is 1. The van der Waals surface area contributed by atoms with Gasteiger partial charge in [-0.25, -0.2) is 4.79 Å². The first-order valence-electron chi connectivity index (χ1n) is 5.62. The van der Waals surface area contributed by atoms with Crippen molar-refractivity contribution < 1.29 is 19.4 Å². The van der Waals surface area contributed by atoms with Crippen molar-refractivity contribution in [1.82, 2.24) is 4.90 Å². The fourth-order valence-electron chi connectivity index (χ4n) is 1.48. The van der Waals surface area contributed by atoms with Crippen molar-refractivity contribution in [3.05, 3.63) is 29.3 Å². The Morgan fingerprint density at radius 2 is 1.83 bits per heavy atom. The van der Waals surface area contributed by atoms with Gasteiger partial charge in [-0.3, -0.25) is 4.79 Å². The number of carbonyl (C=O) groups excluding carboxylic acids is 1. The van der Waals surface area contributed by atoms with Crippen LogP contribution in [0, 0.1) is 13.8 Å². The second-order valence-corrected chi connectivity index (χ2v) is 4.15. The third kappa shape index (κ3) is 3.76. The van der Waals surface area contributed by atoms with Gasteiger partial charge in [0, 0.05) is 13.6 Å². The van der Waals surface area contributed by atoms with Gasteiger partial charge in [-0.1, -0.05) is 18.2 Å². The molecule has 5 heteroatoms. The van der Waals surface area contributed by atoms with E-state index in [9.17, 15) is 9.59 Å². The van der Waals surface area contributed by atoms with E-state index in [1.807, 2.05) is 32.0 Å². The average Bonchev–Trinajstić information content (AvgIpc) is 2.30. The third-order valence-electron chi connectivity index (χ3n) is 2.57. The zero-order chi connectivity index (χ0) is 13.7. The molecular weight excluding hydrogens is 234 g/mol. The topological polar surface area (TPSA) is 66.8 Å². The second-order valence-electron chi connectivity index (χ2n) is 4.15. The highest BCUT2D eigenvalue weighted by atomic mass is 16.6. The zero-order valence-corrected chi connectivity index (χ0v) is 10.8. The normalized spacial score (nSPS) is 9.94. The average molecular weight is 251 g/mol. The van der Waals surface area contributed by atoms with Gasteiger partial charge in [-0.2, -0.15) is 0 Å². The Morgan fingerprint density at radius 3 is 2.33 bits per heavy atom. The number of benzene rings is 1. The molecule has 1 amide bonds. The molecule has 0 saturated heterocycles. The van der Waals surface area contributed by atoms with E-state index in [1.165, 1.54) is 11.9 Å². The Hall–Kier alpha value is -2.04. The zero-order valence-electron chi connectivity index (χ0n) is 10.8. The first-order chi connectivity index (χ1) is 8.41. The van der Waals surface area contributed by atoms with Crippen LogP contribution in [0.5, 0.6) is 5.75 Å². The minimum Gasteiger partial charge on any atom is -0.481 e. The molecule has 0 fully saturated rings. The Labute approximate surface area is 106 Å². The van der Waals surface area contributed by atoms with E-state index in [0.29, 0.717) is 5.75 Å². The van der Waals surface area contributed by atoms with Crippen molar-refractivity contribution in [3.63, 3.8) is 0 Å². The monoisotopic (exact) mass is 251 g/mol. The van der Waals surface area contributed by atoms with Gasteiger partial charge in [0.15, 0.2) is 0 Å². The van der Waals surface area contributed by atoms with Gasteiger partial charge < -0.3 is 14.7 Å². The second kappa shape index (κ2) is 6.05. The van der Waals surface area contributed by atoms with E-state index >= 15 is 0 Å². The highest BCUT2D eigenvalue weighted by Gasteiger charge is 2.14. The van der Waals surface area contributed by atoms with Gasteiger partial charge in [-0.05, 0) is 25.0 Å². The largest absolute Gasteiger partial charge is 0.481 e. The van der Waals surface area contributed by atoms with Gasteiger partial charge in [0.2, 0.25) is 0 Å². The SMILES string of the molecule is Cc1cccc(C)c1OC(=O)N(C)CCC(=O)O. The van der Waals surface area contributed by atoms with Crippen LogP contribution in [0.15, 0.2) is 18.2 Å². The van der Waals surface area contributed by atoms with Crippen LogP contribution in [0.4, 0.5) is 4.79 Å². The molecule has 0 spiro atoms. The number of carbonyl (C=O) groups is 2. The molecule has 1 aromatic rings. The highest BCUT2D eigenvalue weighted by Crippen LogP contribution is 2.22. The number of hydrogen-bond donors (Lipinski definition) is 1. The lowest BCUT2D eigenvalue weighted by Gasteiger charge is -2.17. The van der Waals surface area contributed by atoms with E-state index in [4.69, 9.17) is 9.84 Å². The fourth-order valence-corrected chi connectivity index (χ4v) is 1.48. The van der Waals surface area contributed by atoms with Crippen molar-refractivity contribution >= 4 is 12.1 Å². The van der Waals surface area contributed by atoms with E-state index in [0.717, 1.165) is 11.1 Å². The summed E-state index contributed by atoms with van der Waals surface area (Å²) in [5, 5.41) is 8.54. The first-order valence-corrected chi connectivity index (χ1v) is 5.62. The molecule has 0 aliphatic rings. The maximum atomic E-state index is 11.7. The number of amides is 1. The molecule has 0 unspecified atom stereocenters. The smallest absolute Gasteiger partial charge is 0.414 e. The number of carboxylic acids is 1. The number of ether oxygens (including phenoxy) is 1. The van der Waals surface area contributed by atoms with Gasteiger partial charge in [0.1, 0.15) is 5.75 Å². The maximum absolute atomic E-state index is 11.7. The van der Waals surface area contributed by atoms with E-state index in [-0.39, 0.29) is 13.0 Å². The highest BCUT2D eigenvalue weighted by molar-refractivity contribution is 5.73. The number of nitrogens with zero attached hydrogens (tertiary/aromatic N) is 1. The summed E-state index contributed by atoms with van der Waals surface area (Å²) >= 11 is 0. The molecule has 5 nitrogen and oxygen atoms in total. The minimum atomic E-state index is -0.943. The summed E-state index contributed by atoms with van der Waals surface area (Å²) in [6.07, 6.45) is -0.646. The molecule has 0 atom stereocenters. The Bertz CT molecular complexity index is 436. The Morgan fingerprint density at radius 1 is 1.28 bits per heavy atom. The third-order valence-corrected chi connectivity index (χ3v) is 2.57. The lowest BCUT2D eigenvalue weighted by Crippen LogP contribution is -2.32. The summed E-state index contributed by atoms with van der Waals surface area (Å²) in [6, 6.07) is 5.59. The van der Waals surface area contributed by atoms with Gasteiger partial charge in [0.25, 0.3) is 0 Å². The van der Waals surface area contributed by atoms with Crippen LogP contribution in [0.3, 0.4) is 0 Å². The summed E-state index contributed by atoms with van der Waals surface area (Å²) in [7, 11) is 1.51. The van der Waals surface area contributed by atoms with Crippen molar-refractivity contribution in [2.24, 2.45) is 0 Å². The Kier molecular flexibility index (Phi) is 4.71. The summed E-state index contributed by atoms with van der Waals surface area (Å²) < 4.78 is 5.26. The molecule has 0 bridgehead atoms. The fraction of sp³-hybridized carbons (Fsp3) is 0.385. The molecular formula is C13H17NO4. The van der Waals surface area contributed by atoms with Crippen LogP contribution < -0.4 is 4.74 Å². The van der Waals surface area contributed by atoms with Crippen LogP contribution in [-0.4, -0.2) is 35.7 Å². The molecule has 0 aromatic heterocycles. The first kappa shape index (κ1) is 14.0.